The van der Waals surface area contributed by atoms with Gasteiger partial charge < -0.3 is 9.67 Å². The molecule has 2 atom stereocenters. The summed E-state index contributed by atoms with van der Waals surface area (Å²) in [6.45, 7) is 2.38. The van der Waals surface area contributed by atoms with Gasteiger partial charge in [0.15, 0.2) is 0 Å². The lowest BCUT2D eigenvalue weighted by atomic mass is 10.1. The van der Waals surface area contributed by atoms with Crippen molar-refractivity contribution in [2.24, 2.45) is 5.92 Å². The molecule has 1 aromatic heterocycles. The zero-order chi connectivity index (χ0) is 12.4. The number of aliphatic carboxylic acids is 1. The first-order valence-electron chi connectivity index (χ1n) is 6.03. The molecule has 92 valence electrons. The highest BCUT2D eigenvalue weighted by molar-refractivity contribution is 5.84. The molecule has 0 radical (unpaired) electrons. The van der Waals surface area contributed by atoms with Crippen molar-refractivity contribution in [1.29, 1.82) is 0 Å². The number of aromatic nitrogens is 1. The molecular formula is C13H17NO3. The van der Waals surface area contributed by atoms with Crippen LogP contribution >= 0.6 is 0 Å². The van der Waals surface area contributed by atoms with E-state index >= 15 is 0 Å². The molecule has 1 heterocycles. The Labute approximate surface area is 100 Å². The Balaban J connectivity index is 2.01. The molecule has 1 saturated carbocycles. The number of aryl methyl sites for hydroxylation is 1. The molecule has 1 aliphatic rings. The van der Waals surface area contributed by atoms with Gasteiger partial charge in [-0.2, -0.15) is 0 Å². The molecule has 0 aromatic carbocycles. The van der Waals surface area contributed by atoms with Crippen molar-refractivity contribution in [2.75, 3.05) is 0 Å². The quantitative estimate of drug-likeness (QED) is 0.820. The van der Waals surface area contributed by atoms with Crippen molar-refractivity contribution >= 4 is 11.8 Å². The number of carboxylic acid groups (broad SMARTS) is 1. The fraction of sp³-hybridized carbons (Fsp3) is 0.538. The first-order valence-corrected chi connectivity index (χ1v) is 6.03. The maximum atomic E-state index is 11.6. The van der Waals surface area contributed by atoms with Gasteiger partial charge in [-0.25, -0.2) is 0 Å². The van der Waals surface area contributed by atoms with Crippen LogP contribution in [0.2, 0.25) is 0 Å². The van der Waals surface area contributed by atoms with Crippen molar-refractivity contribution in [1.82, 2.24) is 4.57 Å². The Bertz CT molecular complexity index is 436. The van der Waals surface area contributed by atoms with Gasteiger partial charge in [0.1, 0.15) is 5.78 Å². The minimum Gasteiger partial charge on any atom is -0.481 e. The number of nitrogens with zero attached hydrogens (tertiary/aromatic N) is 1. The Hall–Kier alpha value is -1.58. The van der Waals surface area contributed by atoms with E-state index in [0.29, 0.717) is 24.7 Å². The van der Waals surface area contributed by atoms with Crippen LogP contribution in [-0.2, 0) is 16.1 Å². The number of hydrogen-bond acceptors (Lipinski definition) is 2. The van der Waals surface area contributed by atoms with Crippen LogP contribution < -0.4 is 0 Å². The first kappa shape index (κ1) is 11.9. The fourth-order valence-corrected chi connectivity index (χ4v) is 2.32. The lowest BCUT2D eigenvalue weighted by molar-refractivity contribution is -0.137. The second kappa shape index (κ2) is 4.73. The monoisotopic (exact) mass is 235 g/mol. The maximum Gasteiger partial charge on any atom is 0.305 e. The van der Waals surface area contributed by atoms with Crippen molar-refractivity contribution in [2.45, 2.75) is 38.6 Å². The summed E-state index contributed by atoms with van der Waals surface area (Å²) in [4.78, 5) is 22.1. The molecule has 2 rings (SSSR count). The highest BCUT2D eigenvalue weighted by Crippen LogP contribution is 2.48. The van der Waals surface area contributed by atoms with E-state index in [9.17, 15) is 9.59 Å². The average molecular weight is 235 g/mol. The van der Waals surface area contributed by atoms with Crippen LogP contribution in [0, 0.1) is 5.92 Å². The number of hydrogen-bond donors (Lipinski definition) is 1. The Morgan fingerprint density at radius 1 is 1.53 bits per heavy atom. The Morgan fingerprint density at radius 3 is 2.94 bits per heavy atom. The third-order valence-corrected chi connectivity index (χ3v) is 3.36. The second-order valence-corrected chi connectivity index (χ2v) is 4.54. The third-order valence-electron chi connectivity index (χ3n) is 3.36. The van der Waals surface area contributed by atoms with Crippen LogP contribution in [0.3, 0.4) is 0 Å². The summed E-state index contributed by atoms with van der Waals surface area (Å²) in [6.07, 6.45) is 3.53. The molecule has 1 fully saturated rings. The number of rotatable bonds is 6. The molecule has 4 heteroatoms. The molecule has 0 aliphatic heterocycles. The van der Waals surface area contributed by atoms with E-state index in [1.54, 1.807) is 0 Å². The molecule has 2 unspecified atom stereocenters. The summed E-state index contributed by atoms with van der Waals surface area (Å²) in [7, 11) is 0. The molecule has 1 aromatic rings. The summed E-state index contributed by atoms with van der Waals surface area (Å²) in [5.41, 5.74) is 1.11. The summed E-state index contributed by atoms with van der Waals surface area (Å²) in [6, 6.07) is 3.92. The summed E-state index contributed by atoms with van der Waals surface area (Å²) in [5.74, 6) is 0.00680. The standard InChI is InChI=1S/C13H17NO3/c1-2-12(15)10-8-9(10)11-4-3-6-14(11)7-5-13(16)17/h3-4,6,9-10H,2,5,7-8H2,1H3,(H,16,17). The third kappa shape index (κ3) is 2.57. The van der Waals surface area contributed by atoms with E-state index in [2.05, 4.69) is 0 Å². The Kier molecular flexibility index (Phi) is 3.31. The van der Waals surface area contributed by atoms with Gasteiger partial charge in [-0.05, 0) is 18.6 Å². The van der Waals surface area contributed by atoms with Gasteiger partial charge in [0.25, 0.3) is 0 Å². The van der Waals surface area contributed by atoms with Gasteiger partial charge in [-0.15, -0.1) is 0 Å². The van der Waals surface area contributed by atoms with E-state index in [0.717, 1.165) is 12.1 Å². The van der Waals surface area contributed by atoms with E-state index < -0.39 is 5.97 Å². The fourth-order valence-electron chi connectivity index (χ4n) is 2.32. The molecule has 4 nitrogen and oxygen atoms in total. The minimum atomic E-state index is -0.790. The van der Waals surface area contributed by atoms with Gasteiger partial charge in [0.05, 0.1) is 6.42 Å². The van der Waals surface area contributed by atoms with Gasteiger partial charge in [0, 0.05) is 36.7 Å². The zero-order valence-electron chi connectivity index (χ0n) is 9.93. The van der Waals surface area contributed by atoms with Gasteiger partial charge in [-0.1, -0.05) is 6.92 Å². The molecule has 0 saturated heterocycles. The smallest absolute Gasteiger partial charge is 0.305 e. The maximum absolute atomic E-state index is 11.6. The molecule has 0 bridgehead atoms. The SMILES string of the molecule is CCC(=O)C1CC1c1cccn1CCC(=O)O. The highest BCUT2D eigenvalue weighted by atomic mass is 16.4. The number of carbonyl (C=O) groups is 2. The van der Waals surface area contributed by atoms with Crippen molar-refractivity contribution in [3.63, 3.8) is 0 Å². The highest BCUT2D eigenvalue weighted by Gasteiger charge is 2.44. The number of Topliss-reactive ketones (excluding diaryl/α,β-unsaturated/α-hetero) is 1. The van der Waals surface area contributed by atoms with Crippen molar-refractivity contribution in [3.8, 4) is 0 Å². The normalized spacial score (nSPS) is 22.4. The topological polar surface area (TPSA) is 59.3 Å². The Morgan fingerprint density at radius 2 is 2.29 bits per heavy atom. The number of ketones is 1. The summed E-state index contributed by atoms with van der Waals surface area (Å²) >= 11 is 0. The number of carboxylic acids is 1. The molecule has 1 aliphatic carbocycles. The molecule has 17 heavy (non-hydrogen) atoms. The van der Waals surface area contributed by atoms with Crippen LogP contribution in [0.15, 0.2) is 18.3 Å². The lowest BCUT2D eigenvalue weighted by Crippen LogP contribution is -2.07. The van der Waals surface area contributed by atoms with E-state index in [-0.39, 0.29) is 12.3 Å². The minimum absolute atomic E-state index is 0.126. The van der Waals surface area contributed by atoms with E-state index in [1.807, 2.05) is 29.8 Å². The predicted octanol–water partition coefficient (Wildman–Crippen LogP) is 2.05. The largest absolute Gasteiger partial charge is 0.481 e. The van der Waals surface area contributed by atoms with Gasteiger partial charge in [0.2, 0.25) is 0 Å². The van der Waals surface area contributed by atoms with Gasteiger partial charge in [-0.3, -0.25) is 9.59 Å². The van der Waals surface area contributed by atoms with E-state index in [4.69, 9.17) is 5.11 Å². The van der Waals surface area contributed by atoms with Crippen molar-refractivity contribution < 1.29 is 14.7 Å². The van der Waals surface area contributed by atoms with Crippen LogP contribution in [-0.4, -0.2) is 21.4 Å². The molecule has 0 spiro atoms. The molecule has 1 N–H and O–H groups in total. The van der Waals surface area contributed by atoms with E-state index in [1.165, 1.54) is 0 Å². The zero-order valence-corrected chi connectivity index (χ0v) is 9.93. The summed E-state index contributed by atoms with van der Waals surface area (Å²) in [5, 5.41) is 8.67. The van der Waals surface area contributed by atoms with Crippen LogP contribution in [0.4, 0.5) is 0 Å². The van der Waals surface area contributed by atoms with Crippen LogP contribution in [0.25, 0.3) is 0 Å². The predicted molar refractivity (Wildman–Crippen MR) is 62.8 cm³/mol. The lowest BCUT2D eigenvalue weighted by Gasteiger charge is -2.07. The van der Waals surface area contributed by atoms with Crippen molar-refractivity contribution in [3.05, 3.63) is 24.0 Å². The van der Waals surface area contributed by atoms with Gasteiger partial charge >= 0.3 is 5.97 Å². The molecular weight excluding hydrogens is 218 g/mol. The molecule has 0 amide bonds. The first-order chi connectivity index (χ1) is 8.13. The second-order valence-electron chi connectivity index (χ2n) is 4.54. The van der Waals surface area contributed by atoms with Crippen LogP contribution in [0.5, 0.6) is 0 Å². The summed E-state index contributed by atoms with van der Waals surface area (Å²) < 4.78 is 1.96. The number of carbonyl (C=O) groups excluding carboxylic acids is 1. The average Bonchev–Trinajstić information content (AvgIpc) is 2.96. The van der Waals surface area contributed by atoms with Crippen LogP contribution in [0.1, 0.15) is 37.8 Å².